The van der Waals surface area contributed by atoms with Crippen molar-refractivity contribution < 1.29 is 22.7 Å². The van der Waals surface area contributed by atoms with Crippen molar-refractivity contribution in [2.75, 3.05) is 6.61 Å². The minimum Gasteiger partial charge on any atom is -0.461 e. The molecule has 88 valence electrons. The fourth-order valence-electron chi connectivity index (χ4n) is 0.943. The molecule has 0 spiro atoms. The predicted octanol–water partition coefficient (Wildman–Crippen LogP) is 2.93. The average Bonchev–Trinajstić information content (AvgIpc) is 2.16. The standard InChI is InChI=1S/C9H7ClF3NO2/c1-2-16-8(15)7-6(10)3-5(4-14-7)9(11,12)13/h3-4H,2H2,1H3. The average molecular weight is 254 g/mol. The van der Waals surface area contributed by atoms with E-state index in [0.29, 0.717) is 12.3 Å². The highest BCUT2D eigenvalue weighted by molar-refractivity contribution is 6.33. The van der Waals surface area contributed by atoms with Gasteiger partial charge < -0.3 is 4.74 Å². The Morgan fingerprint density at radius 3 is 2.62 bits per heavy atom. The van der Waals surface area contributed by atoms with Gasteiger partial charge in [-0.2, -0.15) is 13.2 Å². The summed E-state index contributed by atoms with van der Waals surface area (Å²) in [6.45, 7) is 1.66. The van der Waals surface area contributed by atoms with Crippen LogP contribution in [-0.2, 0) is 10.9 Å². The number of rotatable bonds is 2. The Labute approximate surface area is 94.2 Å². The summed E-state index contributed by atoms with van der Waals surface area (Å²) in [7, 11) is 0. The number of alkyl halides is 3. The van der Waals surface area contributed by atoms with E-state index in [-0.39, 0.29) is 17.3 Å². The van der Waals surface area contributed by atoms with Gasteiger partial charge in [0.05, 0.1) is 17.2 Å². The highest BCUT2D eigenvalue weighted by Gasteiger charge is 2.32. The summed E-state index contributed by atoms with van der Waals surface area (Å²) in [5.74, 6) is -0.846. The van der Waals surface area contributed by atoms with Crippen molar-refractivity contribution >= 4 is 17.6 Å². The number of esters is 1. The van der Waals surface area contributed by atoms with Crippen LogP contribution in [0.2, 0.25) is 5.02 Å². The van der Waals surface area contributed by atoms with Gasteiger partial charge in [0.15, 0.2) is 5.69 Å². The van der Waals surface area contributed by atoms with Crippen molar-refractivity contribution in [3.05, 3.63) is 28.5 Å². The molecule has 7 heteroatoms. The van der Waals surface area contributed by atoms with Gasteiger partial charge in [0.2, 0.25) is 0 Å². The summed E-state index contributed by atoms with van der Waals surface area (Å²) in [5, 5.41) is -0.381. The molecule has 0 aliphatic carbocycles. The number of aromatic nitrogens is 1. The zero-order chi connectivity index (χ0) is 12.3. The summed E-state index contributed by atoms with van der Waals surface area (Å²) in [6.07, 6.45) is -4.00. The molecule has 1 rings (SSSR count). The molecule has 1 aromatic rings. The number of halogens is 4. The van der Waals surface area contributed by atoms with Crippen LogP contribution in [0.25, 0.3) is 0 Å². The largest absolute Gasteiger partial charge is 0.461 e. The van der Waals surface area contributed by atoms with E-state index in [2.05, 4.69) is 9.72 Å². The van der Waals surface area contributed by atoms with Gasteiger partial charge in [-0.25, -0.2) is 9.78 Å². The third-order valence-corrected chi connectivity index (χ3v) is 1.93. The lowest BCUT2D eigenvalue weighted by atomic mass is 10.2. The Balaban J connectivity index is 3.05. The summed E-state index contributed by atoms with van der Waals surface area (Å²) in [4.78, 5) is 14.5. The van der Waals surface area contributed by atoms with Gasteiger partial charge in [0, 0.05) is 6.20 Å². The summed E-state index contributed by atoms with van der Waals surface area (Å²) < 4.78 is 41.3. The first-order valence-electron chi connectivity index (χ1n) is 4.26. The number of ether oxygens (including phenoxy) is 1. The van der Waals surface area contributed by atoms with Gasteiger partial charge in [-0.3, -0.25) is 0 Å². The maximum Gasteiger partial charge on any atom is 0.417 e. The predicted molar refractivity (Wildman–Crippen MR) is 50.2 cm³/mol. The lowest BCUT2D eigenvalue weighted by Gasteiger charge is -2.08. The van der Waals surface area contributed by atoms with Crippen LogP contribution in [0.5, 0.6) is 0 Å². The van der Waals surface area contributed by atoms with E-state index < -0.39 is 17.7 Å². The Morgan fingerprint density at radius 1 is 1.56 bits per heavy atom. The molecule has 0 aromatic carbocycles. The number of hydrogen-bond donors (Lipinski definition) is 0. The Hall–Kier alpha value is -1.30. The van der Waals surface area contributed by atoms with Crippen LogP contribution in [0.4, 0.5) is 13.2 Å². The molecule has 0 fully saturated rings. The van der Waals surface area contributed by atoms with Crippen molar-refractivity contribution in [1.29, 1.82) is 0 Å². The first-order valence-corrected chi connectivity index (χ1v) is 4.64. The van der Waals surface area contributed by atoms with Gasteiger partial charge in [-0.05, 0) is 13.0 Å². The second-order valence-electron chi connectivity index (χ2n) is 2.77. The summed E-state index contributed by atoms with van der Waals surface area (Å²) >= 11 is 5.50. The second kappa shape index (κ2) is 4.69. The van der Waals surface area contributed by atoms with Gasteiger partial charge in [0.25, 0.3) is 0 Å². The van der Waals surface area contributed by atoms with Crippen LogP contribution in [0, 0.1) is 0 Å². The van der Waals surface area contributed by atoms with E-state index in [4.69, 9.17) is 11.6 Å². The smallest absolute Gasteiger partial charge is 0.417 e. The van der Waals surface area contributed by atoms with Crippen LogP contribution in [-0.4, -0.2) is 17.6 Å². The molecule has 0 aliphatic heterocycles. The molecule has 0 unspecified atom stereocenters. The van der Waals surface area contributed by atoms with E-state index in [1.165, 1.54) is 0 Å². The van der Waals surface area contributed by atoms with Crippen LogP contribution in [0.3, 0.4) is 0 Å². The minimum atomic E-state index is -4.54. The first-order chi connectivity index (χ1) is 7.36. The fraction of sp³-hybridized carbons (Fsp3) is 0.333. The lowest BCUT2D eigenvalue weighted by Crippen LogP contribution is -2.11. The van der Waals surface area contributed by atoms with E-state index in [0.717, 1.165) is 0 Å². The summed E-state index contributed by atoms with van der Waals surface area (Å²) in [5.41, 5.74) is -1.33. The summed E-state index contributed by atoms with van der Waals surface area (Å²) in [6, 6.07) is 0.640. The maximum atomic E-state index is 12.2. The topological polar surface area (TPSA) is 39.2 Å². The van der Waals surface area contributed by atoms with E-state index in [1.54, 1.807) is 6.92 Å². The molecule has 0 saturated heterocycles. The number of hydrogen-bond acceptors (Lipinski definition) is 3. The van der Waals surface area contributed by atoms with Crippen molar-refractivity contribution in [3.63, 3.8) is 0 Å². The molecule has 0 radical (unpaired) electrons. The highest BCUT2D eigenvalue weighted by Crippen LogP contribution is 2.31. The third kappa shape index (κ3) is 2.85. The third-order valence-electron chi connectivity index (χ3n) is 1.64. The van der Waals surface area contributed by atoms with Crippen LogP contribution >= 0.6 is 11.6 Å². The first kappa shape index (κ1) is 12.8. The zero-order valence-electron chi connectivity index (χ0n) is 8.14. The molecule has 0 saturated carbocycles. The normalized spacial score (nSPS) is 11.3. The number of carbonyl (C=O) groups excluding carboxylic acids is 1. The second-order valence-corrected chi connectivity index (χ2v) is 3.18. The van der Waals surface area contributed by atoms with Gasteiger partial charge in [-0.15, -0.1) is 0 Å². The van der Waals surface area contributed by atoms with Gasteiger partial charge >= 0.3 is 12.1 Å². The molecule has 1 aromatic heterocycles. The van der Waals surface area contributed by atoms with Gasteiger partial charge in [-0.1, -0.05) is 11.6 Å². The molecule has 16 heavy (non-hydrogen) atoms. The Bertz CT molecular complexity index is 406. The molecular weight excluding hydrogens is 247 g/mol. The number of pyridine rings is 1. The molecule has 0 atom stereocenters. The minimum absolute atomic E-state index is 0.0951. The van der Waals surface area contributed by atoms with Crippen molar-refractivity contribution in [2.45, 2.75) is 13.1 Å². The quantitative estimate of drug-likeness (QED) is 0.761. The molecule has 3 nitrogen and oxygen atoms in total. The Morgan fingerprint density at radius 2 is 2.19 bits per heavy atom. The lowest BCUT2D eigenvalue weighted by molar-refractivity contribution is -0.137. The molecule has 1 heterocycles. The highest BCUT2D eigenvalue weighted by atomic mass is 35.5. The number of carbonyl (C=O) groups is 1. The molecule has 0 amide bonds. The molecule has 0 aliphatic rings. The van der Waals surface area contributed by atoms with Crippen LogP contribution < -0.4 is 0 Å². The Kier molecular flexibility index (Phi) is 3.74. The maximum absolute atomic E-state index is 12.2. The van der Waals surface area contributed by atoms with Crippen molar-refractivity contribution in [2.24, 2.45) is 0 Å². The van der Waals surface area contributed by atoms with Crippen LogP contribution in [0.15, 0.2) is 12.3 Å². The molecule has 0 N–H and O–H groups in total. The monoisotopic (exact) mass is 253 g/mol. The fourth-order valence-corrected chi connectivity index (χ4v) is 1.19. The SMILES string of the molecule is CCOC(=O)c1ncc(C(F)(F)F)cc1Cl. The molecule has 0 bridgehead atoms. The van der Waals surface area contributed by atoms with E-state index in [1.807, 2.05) is 0 Å². The van der Waals surface area contributed by atoms with E-state index >= 15 is 0 Å². The number of nitrogens with zero attached hydrogens (tertiary/aromatic N) is 1. The van der Waals surface area contributed by atoms with E-state index in [9.17, 15) is 18.0 Å². The van der Waals surface area contributed by atoms with Crippen LogP contribution in [0.1, 0.15) is 23.0 Å². The van der Waals surface area contributed by atoms with Crippen molar-refractivity contribution in [1.82, 2.24) is 4.98 Å². The zero-order valence-corrected chi connectivity index (χ0v) is 8.89. The molecular formula is C9H7ClF3NO2. The van der Waals surface area contributed by atoms with Crippen molar-refractivity contribution in [3.8, 4) is 0 Å². The van der Waals surface area contributed by atoms with Gasteiger partial charge in [0.1, 0.15) is 0 Å².